The minimum atomic E-state index is -0.323. The van der Waals surface area contributed by atoms with Gasteiger partial charge >= 0.3 is 6.03 Å². The van der Waals surface area contributed by atoms with Crippen LogP contribution in [-0.2, 0) is 6.54 Å². The second-order valence-corrected chi connectivity index (χ2v) is 6.08. The van der Waals surface area contributed by atoms with Crippen LogP contribution < -0.4 is 20.1 Å². The van der Waals surface area contributed by atoms with E-state index >= 15 is 0 Å². The number of carbonyl (C=O) groups is 1. The third kappa shape index (κ3) is 5.15. The molecular weight excluding hydrogens is 364 g/mol. The Bertz CT molecular complexity index is 899. The van der Waals surface area contributed by atoms with Gasteiger partial charge in [0, 0.05) is 22.8 Å². The topological polar surface area (TPSA) is 59.6 Å². The van der Waals surface area contributed by atoms with Gasteiger partial charge in [0.2, 0.25) is 0 Å². The first-order valence-corrected chi connectivity index (χ1v) is 8.72. The number of anilines is 1. The maximum atomic E-state index is 12.1. The van der Waals surface area contributed by atoms with Crippen molar-refractivity contribution >= 4 is 23.3 Å². The molecule has 2 amide bonds. The van der Waals surface area contributed by atoms with Gasteiger partial charge in [0.25, 0.3) is 0 Å². The molecule has 3 rings (SSSR count). The highest BCUT2D eigenvalue weighted by Gasteiger charge is 2.11. The highest BCUT2D eigenvalue weighted by atomic mass is 35.5. The number of rotatable bonds is 6. The Hall–Kier alpha value is -3.18. The Balaban J connectivity index is 1.68. The van der Waals surface area contributed by atoms with Crippen LogP contribution in [0.25, 0.3) is 0 Å². The Morgan fingerprint density at radius 2 is 1.63 bits per heavy atom. The third-order valence-corrected chi connectivity index (χ3v) is 4.17. The molecular formula is C21H19ClN2O3. The van der Waals surface area contributed by atoms with Gasteiger partial charge in [-0.2, -0.15) is 0 Å². The van der Waals surface area contributed by atoms with Crippen LogP contribution in [0.3, 0.4) is 0 Å². The molecule has 0 aliphatic carbocycles. The molecule has 6 heteroatoms. The molecule has 0 aromatic heterocycles. The molecule has 0 aliphatic heterocycles. The van der Waals surface area contributed by atoms with Crippen molar-refractivity contribution in [3.63, 3.8) is 0 Å². The van der Waals surface area contributed by atoms with Gasteiger partial charge in [0.1, 0.15) is 17.2 Å². The molecule has 0 radical (unpaired) electrons. The van der Waals surface area contributed by atoms with Crippen molar-refractivity contribution < 1.29 is 14.3 Å². The van der Waals surface area contributed by atoms with Gasteiger partial charge in [0.15, 0.2) is 0 Å². The lowest BCUT2D eigenvalue weighted by Crippen LogP contribution is -2.28. The first kappa shape index (κ1) is 18.6. The van der Waals surface area contributed by atoms with Crippen molar-refractivity contribution in [1.29, 1.82) is 0 Å². The zero-order valence-electron chi connectivity index (χ0n) is 14.7. The molecule has 0 unspecified atom stereocenters. The number of halogens is 1. The number of hydrogen-bond acceptors (Lipinski definition) is 3. The Morgan fingerprint density at radius 3 is 2.33 bits per heavy atom. The van der Waals surface area contributed by atoms with Crippen LogP contribution in [0.1, 0.15) is 5.56 Å². The van der Waals surface area contributed by atoms with E-state index in [1.165, 1.54) is 0 Å². The number of hydrogen-bond donors (Lipinski definition) is 2. The second-order valence-electron chi connectivity index (χ2n) is 5.67. The summed E-state index contributed by atoms with van der Waals surface area (Å²) >= 11 is 6.32. The lowest BCUT2D eigenvalue weighted by atomic mass is 10.2. The van der Waals surface area contributed by atoms with Crippen LogP contribution in [0.4, 0.5) is 10.5 Å². The zero-order valence-corrected chi connectivity index (χ0v) is 15.5. The van der Waals surface area contributed by atoms with Crippen LogP contribution in [0, 0.1) is 0 Å². The number of para-hydroxylation sites is 1. The van der Waals surface area contributed by atoms with Crippen molar-refractivity contribution in [3.8, 4) is 17.2 Å². The summed E-state index contributed by atoms with van der Waals surface area (Å²) in [5.74, 6) is 1.97. The van der Waals surface area contributed by atoms with Gasteiger partial charge in [-0.05, 0) is 48.5 Å². The number of benzene rings is 3. The van der Waals surface area contributed by atoms with Gasteiger partial charge in [0.05, 0.1) is 7.11 Å². The predicted molar refractivity (Wildman–Crippen MR) is 107 cm³/mol. The Morgan fingerprint density at radius 1 is 0.926 bits per heavy atom. The summed E-state index contributed by atoms with van der Waals surface area (Å²) < 4.78 is 11.1. The summed E-state index contributed by atoms with van der Waals surface area (Å²) in [6, 6.07) is 21.5. The molecule has 2 N–H and O–H groups in total. The fourth-order valence-corrected chi connectivity index (χ4v) is 2.67. The summed E-state index contributed by atoms with van der Waals surface area (Å²) in [5.41, 5.74) is 1.40. The smallest absolute Gasteiger partial charge is 0.319 e. The van der Waals surface area contributed by atoms with Crippen molar-refractivity contribution in [3.05, 3.63) is 83.4 Å². The molecule has 0 fully saturated rings. The van der Waals surface area contributed by atoms with Crippen molar-refractivity contribution in [1.82, 2.24) is 5.32 Å². The van der Waals surface area contributed by atoms with Crippen molar-refractivity contribution in [2.45, 2.75) is 6.54 Å². The van der Waals surface area contributed by atoms with E-state index in [1.807, 2.05) is 48.5 Å². The van der Waals surface area contributed by atoms with E-state index in [0.29, 0.717) is 27.8 Å². The fraction of sp³-hybridized carbons (Fsp3) is 0.0952. The normalized spacial score (nSPS) is 10.1. The number of amides is 2. The molecule has 0 atom stereocenters. The lowest BCUT2D eigenvalue weighted by molar-refractivity contribution is 0.251. The highest BCUT2D eigenvalue weighted by Crippen LogP contribution is 2.31. The highest BCUT2D eigenvalue weighted by molar-refractivity contribution is 6.31. The molecule has 0 bridgehead atoms. The minimum Gasteiger partial charge on any atom is -0.497 e. The standard InChI is InChI=1S/C21H19ClN2O3/c1-26-16-10-12-17(13-11-16)27-20-9-5-8-19(22)18(20)14-23-21(25)24-15-6-3-2-4-7-15/h2-13H,14H2,1H3,(H2,23,24,25). The maximum absolute atomic E-state index is 12.1. The molecule has 0 heterocycles. The molecule has 5 nitrogen and oxygen atoms in total. The third-order valence-electron chi connectivity index (χ3n) is 3.82. The van der Waals surface area contributed by atoms with E-state index in [1.54, 1.807) is 31.4 Å². The van der Waals surface area contributed by atoms with Crippen molar-refractivity contribution in [2.24, 2.45) is 0 Å². The molecule has 138 valence electrons. The van der Waals surface area contributed by atoms with E-state index < -0.39 is 0 Å². The molecule has 3 aromatic rings. The largest absolute Gasteiger partial charge is 0.497 e. The summed E-state index contributed by atoms with van der Waals surface area (Å²) in [5, 5.41) is 6.08. The van der Waals surface area contributed by atoms with Gasteiger partial charge in [-0.25, -0.2) is 4.79 Å². The molecule has 27 heavy (non-hydrogen) atoms. The number of carbonyl (C=O) groups excluding carboxylic acids is 1. The van der Waals surface area contributed by atoms with Crippen LogP contribution >= 0.6 is 11.6 Å². The van der Waals surface area contributed by atoms with Gasteiger partial charge in [-0.3, -0.25) is 0 Å². The fourth-order valence-electron chi connectivity index (χ4n) is 2.44. The Kier molecular flexibility index (Phi) is 6.18. The van der Waals surface area contributed by atoms with E-state index in [-0.39, 0.29) is 12.6 Å². The van der Waals surface area contributed by atoms with Gasteiger partial charge in [-0.15, -0.1) is 0 Å². The average Bonchev–Trinajstić information content (AvgIpc) is 2.69. The van der Waals surface area contributed by atoms with Crippen LogP contribution in [0.5, 0.6) is 17.2 Å². The maximum Gasteiger partial charge on any atom is 0.319 e. The summed E-state index contributed by atoms with van der Waals surface area (Å²) in [6.45, 7) is 0.226. The lowest BCUT2D eigenvalue weighted by Gasteiger charge is -2.14. The van der Waals surface area contributed by atoms with Gasteiger partial charge in [-0.1, -0.05) is 35.9 Å². The van der Waals surface area contributed by atoms with E-state index in [4.69, 9.17) is 21.1 Å². The van der Waals surface area contributed by atoms with E-state index in [0.717, 1.165) is 5.75 Å². The van der Waals surface area contributed by atoms with Gasteiger partial charge < -0.3 is 20.1 Å². The number of methoxy groups -OCH3 is 1. The molecule has 3 aromatic carbocycles. The zero-order chi connectivity index (χ0) is 19.1. The molecule has 0 saturated heterocycles. The monoisotopic (exact) mass is 382 g/mol. The predicted octanol–water partition coefficient (Wildman–Crippen LogP) is 5.46. The van der Waals surface area contributed by atoms with Crippen LogP contribution in [0.15, 0.2) is 72.8 Å². The van der Waals surface area contributed by atoms with Crippen LogP contribution in [0.2, 0.25) is 5.02 Å². The summed E-state index contributed by atoms with van der Waals surface area (Å²) in [4.78, 5) is 12.1. The molecule has 0 spiro atoms. The molecule has 0 aliphatic rings. The van der Waals surface area contributed by atoms with E-state index in [9.17, 15) is 4.79 Å². The Labute approximate surface area is 162 Å². The quantitative estimate of drug-likeness (QED) is 0.594. The minimum absolute atomic E-state index is 0.226. The number of nitrogens with one attached hydrogen (secondary N) is 2. The van der Waals surface area contributed by atoms with Crippen molar-refractivity contribution in [2.75, 3.05) is 12.4 Å². The van der Waals surface area contributed by atoms with E-state index in [2.05, 4.69) is 10.6 Å². The molecule has 0 saturated carbocycles. The SMILES string of the molecule is COc1ccc(Oc2cccc(Cl)c2CNC(=O)Nc2ccccc2)cc1. The summed E-state index contributed by atoms with van der Waals surface area (Å²) in [7, 11) is 1.61. The first-order chi connectivity index (χ1) is 13.2. The van der Waals surface area contributed by atoms with Crippen LogP contribution in [-0.4, -0.2) is 13.1 Å². The average molecular weight is 383 g/mol. The summed E-state index contributed by atoms with van der Waals surface area (Å²) in [6.07, 6.45) is 0. The first-order valence-electron chi connectivity index (χ1n) is 8.35. The second kappa shape index (κ2) is 8.96. The number of ether oxygens (including phenoxy) is 2. The number of urea groups is 1.